The monoisotopic (exact) mass is 399 g/mol. The van der Waals surface area contributed by atoms with Crippen LogP contribution in [0.5, 0.6) is 5.75 Å². The highest BCUT2D eigenvalue weighted by Gasteiger charge is 2.26. The van der Waals surface area contributed by atoms with Crippen LogP contribution in [0.1, 0.15) is 84.7 Å². The third kappa shape index (κ3) is 5.43. The minimum Gasteiger partial charge on any atom is -0.507 e. The zero-order valence-corrected chi connectivity index (χ0v) is 18.9. The van der Waals surface area contributed by atoms with E-state index in [9.17, 15) is 9.90 Å². The standard InChI is InChI=1S/C22H33N5O2/c1-20(2,3)14-10-13(11-15(16(14)28)21(4,5)6)12-23-26-18-17(22(7,8)9)25-27-19(29)24-18/h10-12,28H,1-9H3,(H2,24,26,27,29)/b23-12+. The first-order chi connectivity index (χ1) is 13.1. The minimum atomic E-state index is -0.537. The lowest BCUT2D eigenvalue weighted by molar-refractivity contribution is 0.423. The van der Waals surface area contributed by atoms with Crippen LogP contribution in [0.2, 0.25) is 0 Å². The third-order valence-corrected chi connectivity index (χ3v) is 4.54. The van der Waals surface area contributed by atoms with Crippen molar-refractivity contribution in [2.24, 2.45) is 5.10 Å². The van der Waals surface area contributed by atoms with Crippen molar-refractivity contribution >= 4 is 12.0 Å². The molecule has 29 heavy (non-hydrogen) atoms. The fraction of sp³-hybridized carbons (Fsp3) is 0.545. The quantitative estimate of drug-likeness (QED) is 0.530. The number of anilines is 1. The second-order valence-corrected chi connectivity index (χ2v) is 10.4. The number of nitrogens with one attached hydrogen (secondary N) is 2. The molecule has 0 saturated carbocycles. The van der Waals surface area contributed by atoms with Gasteiger partial charge in [0.25, 0.3) is 0 Å². The fourth-order valence-electron chi connectivity index (χ4n) is 2.98. The molecule has 0 aliphatic heterocycles. The van der Waals surface area contributed by atoms with Gasteiger partial charge in [-0.2, -0.15) is 15.2 Å². The first kappa shape index (κ1) is 22.6. The molecule has 2 aromatic rings. The molecule has 0 atom stereocenters. The molecule has 1 aromatic carbocycles. The molecule has 0 radical (unpaired) electrons. The van der Waals surface area contributed by atoms with Crippen LogP contribution in [-0.2, 0) is 16.2 Å². The number of phenols is 1. The van der Waals surface area contributed by atoms with Gasteiger partial charge in [-0.25, -0.2) is 9.89 Å². The lowest BCUT2D eigenvalue weighted by Gasteiger charge is -2.27. The van der Waals surface area contributed by atoms with Gasteiger partial charge >= 0.3 is 5.69 Å². The van der Waals surface area contributed by atoms with E-state index < -0.39 is 5.69 Å². The number of benzene rings is 1. The van der Waals surface area contributed by atoms with Crippen molar-refractivity contribution in [2.45, 2.75) is 78.6 Å². The molecule has 0 unspecified atom stereocenters. The van der Waals surface area contributed by atoms with Gasteiger partial charge in [0.15, 0.2) is 5.82 Å². The van der Waals surface area contributed by atoms with E-state index >= 15 is 0 Å². The zero-order valence-electron chi connectivity index (χ0n) is 18.9. The largest absolute Gasteiger partial charge is 0.507 e. The minimum absolute atomic E-state index is 0.223. The Kier molecular flexibility index (Phi) is 5.93. The number of rotatable bonds is 3. The maximum Gasteiger partial charge on any atom is 0.363 e. The summed E-state index contributed by atoms with van der Waals surface area (Å²) in [4.78, 5) is 15.6. The molecule has 0 aliphatic rings. The summed E-state index contributed by atoms with van der Waals surface area (Å²) in [5.74, 6) is 0.647. The number of aromatic amines is 1. The van der Waals surface area contributed by atoms with Crippen molar-refractivity contribution in [2.75, 3.05) is 5.43 Å². The van der Waals surface area contributed by atoms with Crippen LogP contribution in [0.4, 0.5) is 5.82 Å². The first-order valence-corrected chi connectivity index (χ1v) is 9.75. The van der Waals surface area contributed by atoms with E-state index in [0.717, 1.165) is 16.7 Å². The topological polar surface area (TPSA) is 103 Å². The van der Waals surface area contributed by atoms with Crippen molar-refractivity contribution in [3.8, 4) is 5.75 Å². The molecular weight excluding hydrogens is 366 g/mol. The summed E-state index contributed by atoms with van der Waals surface area (Å²) in [5.41, 5.74) is 4.74. The van der Waals surface area contributed by atoms with E-state index in [-0.39, 0.29) is 16.2 Å². The summed E-state index contributed by atoms with van der Waals surface area (Å²) < 4.78 is 0. The van der Waals surface area contributed by atoms with Gasteiger partial charge in [-0.05, 0) is 28.5 Å². The van der Waals surface area contributed by atoms with Crippen LogP contribution >= 0.6 is 0 Å². The van der Waals surface area contributed by atoms with Gasteiger partial charge in [0.2, 0.25) is 0 Å². The van der Waals surface area contributed by atoms with Gasteiger partial charge < -0.3 is 5.11 Å². The van der Waals surface area contributed by atoms with Crippen LogP contribution < -0.4 is 11.1 Å². The smallest absolute Gasteiger partial charge is 0.363 e. The second-order valence-electron chi connectivity index (χ2n) is 10.4. The van der Waals surface area contributed by atoms with Crippen molar-refractivity contribution in [1.82, 2.24) is 15.2 Å². The normalized spacial score (nSPS) is 13.1. The van der Waals surface area contributed by atoms with Gasteiger partial charge in [0.1, 0.15) is 11.4 Å². The van der Waals surface area contributed by atoms with Crippen molar-refractivity contribution in [1.29, 1.82) is 0 Å². The number of phenolic OH excluding ortho intramolecular Hbond substituents is 1. The van der Waals surface area contributed by atoms with E-state index in [1.807, 2.05) is 32.9 Å². The Morgan fingerprint density at radius 1 is 0.966 bits per heavy atom. The van der Waals surface area contributed by atoms with Crippen molar-refractivity contribution < 1.29 is 5.11 Å². The summed E-state index contributed by atoms with van der Waals surface area (Å²) in [6.45, 7) is 18.3. The Labute approximate surface area is 172 Å². The average molecular weight is 400 g/mol. The van der Waals surface area contributed by atoms with Gasteiger partial charge in [0, 0.05) is 16.5 Å². The maximum absolute atomic E-state index is 11.6. The predicted octanol–water partition coefficient (Wildman–Crippen LogP) is 4.21. The summed E-state index contributed by atoms with van der Waals surface area (Å²) in [6.07, 6.45) is 1.67. The molecule has 0 fully saturated rings. The van der Waals surface area contributed by atoms with Crippen molar-refractivity contribution in [3.05, 3.63) is 45.0 Å². The van der Waals surface area contributed by atoms with Crippen LogP contribution in [0, 0.1) is 0 Å². The summed E-state index contributed by atoms with van der Waals surface area (Å²) in [5, 5.41) is 21.6. The zero-order chi connectivity index (χ0) is 22.2. The van der Waals surface area contributed by atoms with Crippen LogP contribution in [-0.4, -0.2) is 26.5 Å². The van der Waals surface area contributed by atoms with E-state index in [1.54, 1.807) is 6.21 Å². The Hall–Kier alpha value is -2.70. The lowest BCUT2D eigenvalue weighted by Crippen LogP contribution is -2.24. The molecule has 0 saturated heterocycles. The molecule has 7 nitrogen and oxygen atoms in total. The van der Waals surface area contributed by atoms with Gasteiger partial charge in [0.05, 0.1) is 6.21 Å². The second kappa shape index (κ2) is 7.61. The number of nitrogens with zero attached hydrogens (tertiary/aromatic N) is 3. The maximum atomic E-state index is 11.6. The molecule has 0 amide bonds. The van der Waals surface area contributed by atoms with Gasteiger partial charge in [-0.15, -0.1) is 0 Å². The molecule has 7 heteroatoms. The third-order valence-electron chi connectivity index (χ3n) is 4.54. The number of H-pyrrole nitrogens is 1. The highest BCUT2D eigenvalue weighted by Crippen LogP contribution is 2.39. The molecule has 158 valence electrons. The van der Waals surface area contributed by atoms with E-state index in [1.165, 1.54) is 0 Å². The number of aromatic hydroxyl groups is 1. The SMILES string of the molecule is CC(C)(C)c1cc(/C=N/Nc2nc(=O)[nH]nc2C(C)(C)C)cc(C(C)(C)C)c1O. The van der Waals surface area contributed by atoms with E-state index in [0.29, 0.717) is 17.3 Å². The van der Waals surface area contributed by atoms with Crippen LogP contribution in [0.15, 0.2) is 22.0 Å². The van der Waals surface area contributed by atoms with E-state index in [2.05, 4.69) is 67.3 Å². The highest BCUT2D eigenvalue weighted by atomic mass is 16.3. The molecule has 1 aromatic heterocycles. The highest BCUT2D eigenvalue weighted by molar-refractivity contribution is 5.82. The first-order valence-electron chi connectivity index (χ1n) is 9.75. The predicted molar refractivity (Wildman–Crippen MR) is 118 cm³/mol. The van der Waals surface area contributed by atoms with Crippen LogP contribution in [0.3, 0.4) is 0 Å². The summed E-state index contributed by atoms with van der Waals surface area (Å²) in [6, 6.07) is 3.87. The Morgan fingerprint density at radius 3 is 1.93 bits per heavy atom. The molecule has 2 rings (SSSR count). The molecular formula is C22H33N5O2. The average Bonchev–Trinajstić information content (AvgIpc) is 2.52. The number of hydrazone groups is 1. The van der Waals surface area contributed by atoms with Crippen LogP contribution in [0.25, 0.3) is 0 Å². The Morgan fingerprint density at radius 2 is 1.48 bits per heavy atom. The molecule has 1 heterocycles. The van der Waals surface area contributed by atoms with E-state index in [4.69, 9.17) is 0 Å². The Bertz CT molecular complexity index is 935. The fourth-order valence-corrected chi connectivity index (χ4v) is 2.98. The summed E-state index contributed by atoms with van der Waals surface area (Å²) in [7, 11) is 0. The molecule has 0 bridgehead atoms. The lowest BCUT2D eigenvalue weighted by atomic mass is 9.78. The van der Waals surface area contributed by atoms with Crippen molar-refractivity contribution in [3.63, 3.8) is 0 Å². The molecule has 0 aliphatic carbocycles. The number of hydrogen-bond donors (Lipinski definition) is 3. The molecule has 0 spiro atoms. The Balaban J connectivity index is 2.47. The van der Waals surface area contributed by atoms with Gasteiger partial charge in [-0.3, -0.25) is 5.43 Å². The number of hydrogen-bond acceptors (Lipinski definition) is 6. The molecule has 3 N–H and O–H groups in total. The number of aromatic nitrogens is 3. The van der Waals surface area contributed by atoms with Gasteiger partial charge in [-0.1, -0.05) is 62.3 Å². The summed E-state index contributed by atoms with van der Waals surface area (Å²) >= 11 is 0.